The monoisotopic (exact) mass is 532 g/mol. The van der Waals surface area contributed by atoms with Crippen LogP contribution in [0.15, 0.2) is 47.5 Å². The summed E-state index contributed by atoms with van der Waals surface area (Å²) >= 11 is 0. The molecule has 5 rings (SSSR count). The molecule has 1 aliphatic heterocycles. The first-order valence-electron chi connectivity index (χ1n) is 13.2. The van der Waals surface area contributed by atoms with Crippen LogP contribution in [0.3, 0.4) is 0 Å². The third-order valence-corrected chi connectivity index (χ3v) is 7.78. The third kappa shape index (κ3) is 5.10. The number of nitrogens with one attached hydrogen (secondary N) is 2. The van der Waals surface area contributed by atoms with Gasteiger partial charge in [0.2, 0.25) is 5.95 Å². The SMILES string of the molecule is COc1cc(C)[nH]c(=O)c1CNC(=O)c1c(C)n([C@H](C)C2CCN(c3ncc(F)cn3)CC2)c2ccccc12. The molecule has 39 heavy (non-hydrogen) atoms. The average molecular weight is 533 g/mol. The summed E-state index contributed by atoms with van der Waals surface area (Å²) in [6.45, 7) is 7.57. The number of aromatic amines is 1. The van der Waals surface area contributed by atoms with Crippen LogP contribution in [-0.4, -0.2) is 45.6 Å². The van der Waals surface area contributed by atoms with E-state index in [1.54, 1.807) is 13.0 Å². The van der Waals surface area contributed by atoms with Gasteiger partial charge in [-0.15, -0.1) is 0 Å². The molecule has 0 radical (unpaired) electrons. The first-order valence-corrected chi connectivity index (χ1v) is 13.2. The van der Waals surface area contributed by atoms with Crippen LogP contribution in [0.1, 0.15) is 53.1 Å². The van der Waals surface area contributed by atoms with Gasteiger partial charge < -0.3 is 24.5 Å². The number of ether oxygens (including phenoxy) is 1. The first-order chi connectivity index (χ1) is 18.8. The lowest BCUT2D eigenvalue weighted by atomic mass is 9.90. The fourth-order valence-corrected chi connectivity index (χ4v) is 5.76. The minimum Gasteiger partial charge on any atom is -0.496 e. The summed E-state index contributed by atoms with van der Waals surface area (Å²) < 4.78 is 20.9. The fraction of sp³-hybridized carbons (Fsp3) is 0.379. The number of H-pyrrole nitrogens is 1. The predicted molar refractivity (Wildman–Crippen MR) is 148 cm³/mol. The molecule has 1 saturated heterocycles. The lowest BCUT2D eigenvalue weighted by molar-refractivity contribution is 0.0951. The van der Waals surface area contributed by atoms with Gasteiger partial charge in [0, 0.05) is 41.4 Å². The number of hydrogen-bond donors (Lipinski definition) is 2. The average Bonchev–Trinajstić information content (AvgIpc) is 3.23. The number of piperidine rings is 1. The molecule has 1 aromatic carbocycles. The molecule has 1 aliphatic rings. The topological polar surface area (TPSA) is 105 Å². The molecule has 1 fully saturated rings. The lowest BCUT2D eigenvalue weighted by Gasteiger charge is -2.36. The molecule has 9 nitrogen and oxygen atoms in total. The van der Waals surface area contributed by atoms with Crippen molar-refractivity contribution in [3.63, 3.8) is 0 Å². The Bertz CT molecular complexity index is 1550. The summed E-state index contributed by atoms with van der Waals surface area (Å²) in [4.78, 5) is 39.2. The van der Waals surface area contributed by atoms with Gasteiger partial charge in [-0.2, -0.15) is 0 Å². The summed E-state index contributed by atoms with van der Waals surface area (Å²) in [5, 5.41) is 3.82. The normalized spacial score (nSPS) is 14.9. The standard InChI is InChI=1S/C29H33FN6O3/c1-17-13-25(39-4)23(27(37)34-17)16-31-28(38)26-19(3)36(24-8-6-5-7-22(24)26)18(2)20-9-11-35(12-10-20)29-32-14-21(30)15-33-29/h5-8,13-15,18,20H,9-12,16H2,1-4H3,(H,31,38)(H,34,37)/t18-/m1/s1. The highest BCUT2D eigenvalue weighted by Gasteiger charge is 2.30. The lowest BCUT2D eigenvalue weighted by Crippen LogP contribution is -2.37. The molecular formula is C29H33FN6O3. The van der Waals surface area contributed by atoms with Crippen LogP contribution >= 0.6 is 0 Å². The Morgan fingerprint density at radius 3 is 2.59 bits per heavy atom. The number of pyridine rings is 1. The summed E-state index contributed by atoms with van der Waals surface area (Å²) in [5.41, 5.74) is 3.28. The van der Waals surface area contributed by atoms with E-state index in [1.165, 1.54) is 19.5 Å². The Kier molecular flexibility index (Phi) is 7.36. The van der Waals surface area contributed by atoms with Crippen LogP contribution in [0.4, 0.5) is 10.3 Å². The van der Waals surface area contributed by atoms with Crippen molar-refractivity contribution in [1.82, 2.24) is 24.8 Å². The minimum absolute atomic E-state index is 0.0516. The maximum Gasteiger partial charge on any atom is 0.256 e. The van der Waals surface area contributed by atoms with Crippen molar-refractivity contribution in [2.24, 2.45) is 5.92 Å². The van der Waals surface area contributed by atoms with E-state index in [1.807, 2.05) is 31.2 Å². The van der Waals surface area contributed by atoms with E-state index in [-0.39, 0.29) is 24.1 Å². The molecule has 2 N–H and O–H groups in total. The second-order valence-electron chi connectivity index (χ2n) is 10.1. The molecule has 3 aromatic heterocycles. The summed E-state index contributed by atoms with van der Waals surface area (Å²) in [6, 6.07) is 9.82. The summed E-state index contributed by atoms with van der Waals surface area (Å²) in [5.74, 6) is 0.694. The van der Waals surface area contributed by atoms with E-state index < -0.39 is 5.82 Å². The van der Waals surface area contributed by atoms with Crippen molar-refractivity contribution in [3.8, 4) is 5.75 Å². The molecule has 0 unspecified atom stereocenters. The zero-order valence-electron chi connectivity index (χ0n) is 22.6. The molecule has 10 heteroatoms. The van der Waals surface area contributed by atoms with E-state index in [2.05, 4.69) is 36.7 Å². The Hall–Kier alpha value is -4.21. The number of aromatic nitrogens is 4. The van der Waals surface area contributed by atoms with Crippen LogP contribution in [0.2, 0.25) is 0 Å². The van der Waals surface area contributed by atoms with Crippen molar-refractivity contribution in [1.29, 1.82) is 0 Å². The minimum atomic E-state index is -0.443. The van der Waals surface area contributed by atoms with Crippen LogP contribution in [0.5, 0.6) is 5.75 Å². The number of hydrogen-bond acceptors (Lipinski definition) is 6. The number of benzene rings is 1. The smallest absolute Gasteiger partial charge is 0.256 e. The van der Waals surface area contributed by atoms with Crippen LogP contribution in [0, 0.1) is 25.6 Å². The Balaban J connectivity index is 1.37. The molecule has 4 aromatic rings. The maximum atomic E-state index is 13.5. The van der Waals surface area contributed by atoms with Gasteiger partial charge in [-0.25, -0.2) is 14.4 Å². The molecule has 0 saturated carbocycles. The van der Waals surface area contributed by atoms with E-state index >= 15 is 0 Å². The van der Waals surface area contributed by atoms with E-state index in [0.717, 1.165) is 42.5 Å². The zero-order valence-corrected chi connectivity index (χ0v) is 22.6. The van der Waals surface area contributed by atoms with E-state index in [4.69, 9.17) is 4.74 Å². The second kappa shape index (κ2) is 10.9. The van der Waals surface area contributed by atoms with Crippen molar-refractivity contribution in [2.75, 3.05) is 25.1 Å². The highest BCUT2D eigenvalue weighted by molar-refractivity contribution is 6.08. The Morgan fingerprint density at radius 1 is 1.21 bits per heavy atom. The quantitative estimate of drug-likeness (QED) is 0.368. The summed E-state index contributed by atoms with van der Waals surface area (Å²) in [6.07, 6.45) is 4.24. The van der Waals surface area contributed by atoms with E-state index in [9.17, 15) is 14.0 Å². The number of nitrogens with zero attached hydrogens (tertiary/aromatic N) is 4. The summed E-state index contributed by atoms with van der Waals surface area (Å²) in [7, 11) is 1.51. The van der Waals surface area contributed by atoms with Gasteiger partial charge in [0.05, 0.1) is 37.2 Å². The number of amides is 1. The number of methoxy groups -OCH3 is 1. The Labute approximate surface area is 226 Å². The molecule has 0 spiro atoms. The van der Waals surface area contributed by atoms with Crippen molar-refractivity contribution >= 4 is 22.8 Å². The van der Waals surface area contributed by atoms with Crippen molar-refractivity contribution < 1.29 is 13.9 Å². The van der Waals surface area contributed by atoms with Gasteiger partial charge in [-0.05, 0) is 51.7 Å². The van der Waals surface area contributed by atoms with Gasteiger partial charge in [0.1, 0.15) is 5.75 Å². The van der Waals surface area contributed by atoms with Gasteiger partial charge in [-0.3, -0.25) is 9.59 Å². The van der Waals surface area contributed by atoms with Gasteiger partial charge in [-0.1, -0.05) is 18.2 Å². The number of carbonyl (C=O) groups excluding carboxylic acids is 1. The molecule has 1 amide bonds. The molecule has 0 aliphatic carbocycles. The molecule has 1 atom stereocenters. The fourth-order valence-electron chi connectivity index (χ4n) is 5.76. The number of para-hydroxylation sites is 1. The third-order valence-electron chi connectivity index (χ3n) is 7.78. The van der Waals surface area contributed by atoms with Crippen LogP contribution in [-0.2, 0) is 6.54 Å². The van der Waals surface area contributed by atoms with E-state index in [0.29, 0.717) is 34.4 Å². The van der Waals surface area contributed by atoms with Crippen LogP contribution in [0.25, 0.3) is 10.9 Å². The highest BCUT2D eigenvalue weighted by Crippen LogP contribution is 2.36. The molecule has 4 heterocycles. The van der Waals surface area contributed by atoms with Gasteiger partial charge in [0.15, 0.2) is 5.82 Å². The van der Waals surface area contributed by atoms with Crippen molar-refractivity contribution in [3.05, 3.63) is 81.4 Å². The number of carbonyl (C=O) groups is 1. The Morgan fingerprint density at radius 2 is 1.90 bits per heavy atom. The second-order valence-corrected chi connectivity index (χ2v) is 10.1. The molecular weight excluding hydrogens is 499 g/mol. The number of halogens is 1. The number of anilines is 1. The number of aryl methyl sites for hydroxylation is 1. The number of rotatable bonds is 7. The van der Waals surface area contributed by atoms with Crippen LogP contribution < -0.4 is 20.5 Å². The zero-order chi connectivity index (χ0) is 27.7. The van der Waals surface area contributed by atoms with Gasteiger partial charge >= 0.3 is 0 Å². The van der Waals surface area contributed by atoms with Crippen molar-refractivity contribution in [2.45, 2.75) is 46.2 Å². The largest absolute Gasteiger partial charge is 0.496 e. The van der Waals surface area contributed by atoms with Gasteiger partial charge in [0.25, 0.3) is 11.5 Å². The maximum absolute atomic E-state index is 13.5. The molecule has 204 valence electrons. The molecule has 0 bridgehead atoms. The predicted octanol–water partition coefficient (Wildman–Crippen LogP) is 4.29. The highest BCUT2D eigenvalue weighted by atomic mass is 19.1. The first kappa shape index (κ1) is 26.4. The number of fused-ring (bicyclic) bond motifs is 1.